The van der Waals surface area contributed by atoms with Crippen LogP contribution >= 0.6 is 11.6 Å². The van der Waals surface area contributed by atoms with Crippen molar-refractivity contribution in [2.45, 2.75) is 33.9 Å². The molecule has 1 unspecified atom stereocenters. The zero-order chi connectivity index (χ0) is 16.1. The first kappa shape index (κ1) is 16.3. The van der Waals surface area contributed by atoms with Gasteiger partial charge in [0.1, 0.15) is 12.0 Å². The monoisotopic (exact) mass is 316 g/mol. The summed E-state index contributed by atoms with van der Waals surface area (Å²) in [6, 6.07) is 7.64. The van der Waals surface area contributed by atoms with Crippen LogP contribution in [0.25, 0.3) is 6.08 Å². The lowest BCUT2D eigenvalue weighted by molar-refractivity contribution is 0.448. The van der Waals surface area contributed by atoms with E-state index in [1.807, 2.05) is 70.3 Å². The van der Waals surface area contributed by atoms with Crippen LogP contribution in [0.3, 0.4) is 0 Å². The van der Waals surface area contributed by atoms with E-state index in [0.717, 1.165) is 27.8 Å². The van der Waals surface area contributed by atoms with Crippen molar-refractivity contribution in [2.24, 2.45) is 5.10 Å². The normalized spacial score (nSPS) is 13.6. The SMILES string of the molecule is C/C=C\c1nc(C)cn1C(C)N/N=C(\C)c1ccc(Cl)cc1. The predicted molar refractivity (Wildman–Crippen MR) is 93.2 cm³/mol. The number of halogens is 1. The summed E-state index contributed by atoms with van der Waals surface area (Å²) < 4.78 is 2.06. The van der Waals surface area contributed by atoms with Crippen LogP contribution in [0.5, 0.6) is 0 Å². The molecule has 1 atom stereocenters. The average Bonchev–Trinajstić information content (AvgIpc) is 2.86. The topological polar surface area (TPSA) is 42.2 Å². The Balaban J connectivity index is 2.13. The van der Waals surface area contributed by atoms with Gasteiger partial charge in [-0.3, -0.25) is 5.43 Å². The van der Waals surface area contributed by atoms with E-state index in [1.54, 1.807) is 0 Å². The van der Waals surface area contributed by atoms with Crippen molar-refractivity contribution in [3.8, 4) is 0 Å². The van der Waals surface area contributed by atoms with E-state index >= 15 is 0 Å². The molecule has 5 heteroatoms. The van der Waals surface area contributed by atoms with Crippen molar-refractivity contribution in [1.82, 2.24) is 15.0 Å². The van der Waals surface area contributed by atoms with Crippen LogP contribution < -0.4 is 5.43 Å². The molecule has 0 aliphatic rings. The van der Waals surface area contributed by atoms with Gasteiger partial charge in [0.15, 0.2) is 0 Å². The second kappa shape index (κ2) is 7.27. The molecule has 22 heavy (non-hydrogen) atoms. The van der Waals surface area contributed by atoms with Gasteiger partial charge in [-0.1, -0.05) is 29.8 Å². The molecule has 0 radical (unpaired) electrons. The van der Waals surface area contributed by atoms with Crippen molar-refractivity contribution in [3.63, 3.8) is 0 Å². The minimum absolute atomic E-state index is 0.00894. The van der Waals surface area contributed by atoms with Crippen LogP contribution in [0.1, 0.15) is 44.0 Å². The van der Waals surface area contributed by atoms with Gasteiger partial charge in [0.05, 0.1) is 11.4 Å². The highest BCUT2D eigenvalue weighted by Gasteiger charge is 2.09. The Morgan fingerprint density at radius 1 is 1.36 bits per heavy atom. The summed E-state index contributed by atoms with van der Waals surface area (Å²) in [5, 5.41) is 5.19. The Kier molecular flexibility index (Phi) is 5.39. The molecule has 0 bridgehead atoms. The first-order valence-corrected chi connectivity index (χ1v) is 7.63. The number of aryl methyl sites for hydroxylation is 1. The number of allylic oxidation sites excluding steroid dienone is 1. The molecule has 0 amide bonds. The molecule has 0 spiro atoms. The fourth-order valence-electron chi connectivity index (χ4n) is 2.13. The van der Waals surface area contributed by atoms with Gasteiger partial charge in [-0.2, -0.15) is 5.10 Å². The van der Waals surface area contributed by atoms with Crippen LogP contribution in [0.2, 0.25) is 5.02 Å². The van der Waals surface area contributed by atoms with Crippen LogP contribution in [-0.2, 0) is 0 Å². The Labute approximate surface area is 136 Å². The number of imidazole rings is 1. The quantitative estimate of drug-likeness (QED) is 0.655. The summed E-state index contributed by atoms with van der Waals surface area (Å²) in [5.74, 6) is 0.916. The Bertz CT molecular complexity index is 683. The van der Waals surface area contributed by atoms with Crippen LogP contribution in [-0.4, -0.2) is 15.3 Å². The highest BCUT2D eigenvalue weighted by molar-refractivity contribution is 6.30. The standard InChI is InChI=1S/C17H21ClN4/c1-5-6-17-19-12(2)11-22(17)14(4)21-20-13(3)15-7-9-16(18)10-8-15/h5-11,14,21H,1-4H3/b6-5-,20-13+. The number of benzene rings is 1. The lowest BCUT2D eigenvalue weighted by Crippen LogP contribution is -2.21. The lowest BCUT2D eigenvalue weighted by atomic mass is 10.1. The number of rotatable bonds is 5. The van der Waals surface area contributed by atoms with Crippen LogP contribution in [0.4, 0.5) is 0 Å². The molecule has 2 rings (SSSR count). The molecule has 0 saturated heterocycles. The molecule has 1 N–H and O–H groups in total. The smallest absolute Gasteiger partial charge is 0.134 e. The summed E-state index contributed by atoms with van der Waals surface area (Å²) in [6.45, 7) is 7.98. The third-order valence-electron chi connectivity index (χ3n) is 3.30. The van der Waals surface area contributed by atoms with E-state index in [2.05, 4.69) is 20.1 Å². The van der Waals surface area contributed by atoms with E-state index in [-0.39, 0.29) is 6.17 Å². The largest absolute Gasteiger partial charge is 0.309 e. The molecule has 0 saturated carbocycles. The average molecular weight is 317 g/mol. The highest BCUT2D eigenvalue weighted by Crippen LogP contribution is 2.12. The summed E-state index contributed by atoms with van der Waals surface area (Å²) in [7, 11) is 0. The lowest BCUT2D eigenvalue weighted by Gasteiger charge is -2.15. The van der Waals surface area contributed by atoms with Gasteiger partial charge in [-0.15, -0.1) is 0 Å². The maximum absolute atomic E-state index is 5.90. The Morgan fingerprint density at radius 3 is 2.68 bits per heavy atom. The Hall–Kier alpha value is -2.07. The number of hydrazone groups is 1. The molecule has 1 aromatic heterocycles. The fraction of sp³-hybridized carbons (Fsp3) is 0.294. The van der Waals surface area contributed by atoms with Crippen LogP contribution in [0.15, 0.2) is 41.6 Å². The number of hydrogen-bond donors (Lipinski definition) is 1. The number of hydrogen-bond acceptors (Lipinski definition) is 3. The molecular formula is C17H21ClN4. The number of nitrogens with one attached hydrogen (secondary N) is 1. The maximum Gasteiger partial charge on any atom is 0.134 e. The molecular weight excluding hydrogens is 296 g/mol. The number of nitrogens with zero attached hydrogens (tertiary/aromatic N) is 3. The summed E-state index contributed by atoms with van der Waals surface area (Å²) in [4.78, 5) is 4.49. The summed E-state index contributed by atoms with van der Waals surface area (Å²) in [6.07, 6.45) is 5.99. The van der Waals surface area contributed by atoms with Gasteiger partial charge in [0, 0.05) is 11.2 Å². The van der Waals surface area contributed by atoms with E-state index in [4.69, 9.17) is 11.6 Å². The van der Waals surface area contributed by atoms with Gasteiger partial charge < -0.3 is 4.57 Å². The molecule has 1 heterocycles. The van der Waals surface area contributed by atoms with Crippen molar-refractivity contribution in [3.05, 3.63) is 58.6 Å². The van der Waals surface area contributed by atoms with E-state index in [9.17, 15) is 0 Å². The molecule has 4 nitrogen and oxygen atoms in total. The third kappa shape index (κ3) is 3.98. The van der Waals surface area contributed by atoms with Gasteiger partial charge in [-0.05, 0) is 51.5 Å². The van der Waals surface area contributed by atoms with E-state index < -0.39 is 0 Å². The van der Waals surface area contributed by atoms with Crippen molar-refractivity contribution >= 4 is 23.4 Å². The predicted octanol–water partition coefficient (Wildman–Crippen LogP) is 4.41. The Morgan fingerprint density at radius 2 is 2.05 bits per heavy atom. The molecule has 0 aliphatic carbocycles. The van der Waals surface area contributed by atoms with Gasteiger partial charge in [0.25, 0.3) is 0 Å². The maximum atomic E-state index is 5.90. The zero-order valence-corrected chi connectivity index (χ0v) is 14.1. The molecule has 116 valence electrons. The minimum Gasteiger partial charge on any atom is -0.309 e. The number of aromatic nitrogens is 2. The van der Waals surface area contributed by atoms with Crippen molar-refractivity contribution < 1.29 is 0 Å². The van der Waals surface area contributed by atoms with E-state index in [1.165, 1.54) is 0 Å². The first-order valence-electron chi connectivity index (χ1n) is 7.25. The second-order valence-corrected chi connectivity index (χ2v) is 5.59. The molecule has 0 aliphatic heterocycles. The fourth-order valence-corrected chi connectivity index (χ4v) is 2.25. The summed E-state index contributed by atoms with van der Waals surface area (Å²) in [5.41, 5.74) is 6.11. The van der Waals surface area contributed by atoms with Gasteiger partial charge in [0.2, 0.25) is 0 Å². The molecule has 1 aromatic carbocycles. The molecule has 0 fully saturated rings. The highest BCUT2D eigenvalue weighted by atomic mass is 35.5. The van der Waals surface area contributed by atoms with Gasteiger partial charge >= 0.3 is 0 Å². The first-order chi connectivity index (χ1) is 10.5. The minimum atomic E-state index is 0.00894. The second-order valence-electron chi connectivity index (χ2n) is 5.16. The van der Waals surface area contributed by atoms with Gasteiger partial charge in [-0.25, -0.2) is 4.98 Å². The third-order valence-corrected chi connectivity index (χ3v) is 3.55. The zero-order valence-electron chi connectivity index (χ0n) is 13.3. The summed E-state index contributed by atoms with van der Waals surface area (Å²) >= 11 is 5.90. The van der Waals surface area contributed by atoms with Crippen molar-refractivity contribution in [1.29, 1.82) is 0 Å². The molecule has 2 aromatic rings. The van der Waals surface area contributed by atoms with E-state index in [0.29, 0.717) is 0 Å². The van der Waals surface area contributed by atoms with Crippen LogP contribution in [0, 0.1) is 6.92 Å². The van der Waals surface area contributed by atoms with Crippen molar-refractivity contribution in [2.75, 3.05) is 0 Å².